The zero-order chi connectivity index (χ0) is 23.7. The van der Waals surface area contributed by atoms with Crippen molar-refractivity contribution in [3.05, 3.63) is 67.3 Å². The minimum Gasteiger partial charge on any atom is -0.465 e. The van der Waals surface area contributed by atoms with Gasteiger partial charge < -0.3 is 14.2 Å². The molecule has 3 aromatic rings. The molecule has 33 heavy (non-hydrogen) atoms. The van der Waals surface area contributed by atoms with Gasteiger partial charge in [0.05, 0.1) is 0 Å². The minimum atomic E-state index is -0.750. The topological polar surface area (TPSA) is 87.5 Å². The number of hydrogen-bond donors (Lipinski definition) is 1. The maximum Gasteiger partial charge on any atom is 0.409 e. The second-order valence-electron chi connectivity index (χ2n) is 8.04. The second-order valence-corrected chi connectivity index (χ2v) is 8.60. The molecular weight excluding hydrogens is 488 g/mol. The van der Waals surface area contributed by atoms with Gasteiger partial charge >= 0.3 is 6.09 Å². The number of hydrogen-bond acceptors (Lipinski definition) is 6. The molecule has 1 amide bonds. The van der Waals surface area contributed by atoms with Crippen LogP contribution in [0.4, 0.5) is 4.79 Å². The zero-order valence-electron chi connectivity index (χ0n) is 19.0. The summed E-state index contributed by atoms with van der Waals surface area (Å²) in [6, 6.07) is 17.9. The van der Waals surface area contributed by atoms with Gasteiger partial charge in [0.2, 0.25) is 6.23 Å². The van der Waals surface area contributed by atoms with Gasteiger partial charge in [0.1, 0.15) is 25.1 Å². The lowest BCUT2D eigenvalue weighted by Gasteiger charge is -2.37. The molecule has 0 fully saturated rings. The molecular formula is C24H29BrN4O4. The van der Waals surface area contributed by atoms with Gasteiger partial charge in [0, 0.05) is 17.4 Å². The Bertz CT molecular complexity index is 981. The highest BCUT2D eigenvalue weighted by atomic mass is 79.9. The van der Waals surface area contributed by atoms with Crippen LogP contribution in [-0.2, 0) is 9.47 Å². The van der Waals surface area contributed by atoms with Crippen molar-refractivity contribution in [2.45, 2.75) is 33.1 Å². The van der Waals surface area contributed by atoms with Gasteiger partial charge in [-0.15, -0.1) is 0 Å². The predicted molar refractivity (Wildman–Crippen MR) is 129 cm³/mol. The van der Waals surface area contributed by atoms with Crippen molar-refractivity contribution in [2.24, 2.45) is 5.41 Å². The number of carbonyl (C=O) groups excluding carboxylic acids is 1. The van der Waals surface area contributed by atoms with E-state index in [0.717, 1.165) is 11.1 Å². The number of halogens is 1. The molecule has 176 valence electrons. The fourth-order valence-electron chi connectivity index (χ4n) is 3.15. The molecule has 0 radical (unpaired) electrons. The highest BCUT2D eigenvalue weighted by Gasteiger charge is 2.41. The predicted octanol–water partition coefficient (Wildman–Crippen LogP) is 5.03. The van der Waals surface area contributed by atoms with E-state index in [1.807, 2.05) is 63.2 Å². The first kappa shape index (κ1) is 24.7. The molecule has 2 aromatic carbocycles. The Morgan fingerprint density at radius 2 is 1.82 bits per heavy atom. The molecule has 2 atom stereocenters. The normalized spacial score (nSPS) is 13.2. The Kier molecular flexibility index (Phi) is 8.85. The maximum absolute atomic E-state index is 12.5. The molecule has 0 aliphatic carbocycles. The van der Waals surface area contributed by atoms with E-state index in [4.69, 9.17) is 14.2 Å². The summed E-state index contributed by atoms with van der Waals surface area (Å²) >= 11 is 3.54. The van der Waals surface area contributed by atoms with Crippen molar-refractivity contribution >= 4 is 22.0 Å². The number of nitrogens with one attached hydrogen (secondary N) is 1. The van der Waals surface area contributed by atoms with Crippen molar-refractivity contribution in [3.8, 4) is 16.9 Å². The SMILES string of the molecule is CCOCNC(=O)OC(C(Oc1ccc(-c2ccccc2)cc1)n1cncn1)C(C)(C)CBr. The standard InChI is InChI=1S/C24H29BrN4O4/c1-4-31-17-27-23(30)33-21(24(2,3)14-25)22(29-16-26-15-28-29)32-20-12-10-19(11-13-20)18-8-6-5-7-9-18/h5-13,15-16,21-22H,4,14,17H2,1-3H3,(H,27,30). The monoisotopic (exact) mass is 516 g/mol. The third-order valence-corrected chi connectivity index (χ3v) is 6.49. The lowest BCUT2D eigenvalue weighted by Crippen LogP contribution is -2.46. The third-order valence-electron chi connectivity index (χ3n) is 5.05. The summed E-state index contributed by atoms with van der Waals surface area (Å²) in [6.45, 7) is 6.36. The second kappa shape index (κ2) is 11.8. The van der Waals surface area contributed by atoms with Gasteiger partial charge in [0.15, 0.2) is 6.10 Å². The van der Waals surface area contributed by atoms with Gasteiger partial charge in [-0.2, -0.15) is 5.10 Å². The van der Waals surface area contributed by atoms with Crippen LogP contribution in [0.2, 0.25) is 0 Å². The average molecular weight is 517 g/mol. The number of benzene rings is 2. The molecule has 3 rings (SSSR count). The number of aromatic nitrogens is 3. The lowest BCUT2D eigenvalue weighted by atomic mass is 9.87. The number of carbonyl (C=O) groups is 1. The molecule has 0 spiro atoms. The molecule has 1 N–H and O–H groups in total. The largest absolute Gasteiger partial charge is 0.465 e. The van der Waals surface area contributed by atoms with Crippen LogP contribution in [0.5, 0.6) is 5.75 Å². The molecule has 2 unspecified atom stereocenters. The van der Waals surface area contributed by atoms with Crippen LogP contribution < -0.4 is 10.1 Å². The molecule has 0 aliphatic heterocycles. The summed E-state index contributed by atoms with van der Waals surface area (Å²) in [5, 5.41) is 7.42. The van der Waals surface area contributed by atoms with Crippen molar-refractivity contribution in [3.63, 3.8) is 0 Å². The zero-order valence-corrected chi connectivity index (χ0v) is 20.6. The highest BCUT2D eigenvalue weighted by Crippen LogP contribution is 2.35. The number of ether oxygens (including phenoxy) is 3. The Hall–Kier alpha value is -2.91. The smallest absolute Gasteiger partial charge is 0.409 e. The summed E-state index contributed by atoms with van der Waals surface area (Å²) in [7, 11) is 0. The van der Waals surface area contributed by atoms with Crippen LogP contribution in [-0.4, -0.2) is 45.6 Å². The quantitative estimate of drug-likeness (QED) is 0.218. The summed E-state index contributed by atoms with van der Waals surface area (Å²) in [5.74, 6) is 0.615. The molecule has 1 aromatic heterocycles. The lowest BCUT2D eigenvalue weighted by molar-refractivity contribution is -0.0790. The van der Waals surface area contributed by atoms with Crippen molar-refractivity contribution in [1.82, 2.24) is 20.1 Å². The fourth-order valence-corrected chi connectivity index (χ4v) is 3.47. The fraction of sp³-hybridized carbons (Fsp3) is 0.375. The third kappa shape index (κ3) is 6.79. The number of alkyl carbamates (subject to hydrolysis) is 1. The van der Waals surface area contributed by atoms with E-state index in [1.165, 1.54) is 6.33 Å². The van der Waals surface area contributed by atoms with Crippen LogP contribution >= 0.6 is 15.9 Å². The van der Waals surface area contributed by atoms with E-state index >= 15 is 0 Å². The first-order valence-corrected chi connectivity index (χ1v) is 11.8. The molecule has 0 aliphatic rings. The number of nitrogens with zero attached hydrogens (tertiary/aromatic N) is 3. The Labute approximate surface area is 202 Å². The van der Waals surface area contributed by atoms with E-state index in [2.05, 4.69) is 43.5 Å². The average Bonchev–Trinajstić information content (AvgIpc) is 3.37. The van der Waals surface area contributed by atoms with Crippen molar-refractivity contribution in [1.29, 1.82) is 0 Å². The van der Waals surface area contributed by atoms with Gasteiger partial charge in [-0.1, -0.05) is 72.2 Å². The van der Waals surface area contributed by atoms with Crippen molar-refractivity contribution in [2.75, 3.05) is 18.7 Å². The van der Waals surface area contributed by atoms with Crippen LogP contribution in [0.25, 0.3) is 11.1 Å². The highest BCUT2D eigenvalue weighted by molar-refractivity contribution is 9.09. The van der Waals surface area contributed by atoms with Gasteiger partial charge in [-0.05, 0) is 30.2 Å². The van der Waals surface area contributed by atoms with E-state index in [9.17, 15) is 4.79 Å². The maximum atomic E-state index is 12.5. The van der Waals surface area contributed by atoms with Gasteiger partial charge in [-0.25, -0.2) is 14.5 Å². The Balaban J connectivity index is 1.85. The molecule has 1 heterocycles. The van der Waals surface area contributed by atoms with Gasteiger partial charge in [0.25, 0.3) is 0 Å². The van der Waals surface area contributed by atoms with Crippen LogP contribution in [0.15, 0.2) is 67.3 Å². The first-order valence-electron chi connectivity index (χ1n) is 10.7. The number of amides is 1. The summed E-state index contributed by atoms with van der Waals surface area (Å²) in [4.78, 5) is 16.5. The van der Waals surface area contributed by atoms with Crippen LogP contribution in [0.1, 0.15) is 27.0 Å². The van der Waals surface area contributed by atoms with Crippen molar-refractivity contribution < 1.29 is 19.0 Å². The van der Waals surface area contributed by atoms with E-state index in [1.54, 1.807) is 11.0 Å². The summed E-state index contributed by atoms with van der Waals surface area (Å²) in [5.41, 5.74) is 1.69. The van der Waals surface area contributed by atoms with E-state index < -0.39 is 23.8 Å². The molecule has 8 nitrogen and oxygen atoms in total. The van der Waals surface area contributed by atoms with Crippen LogP contribution in [0.3, 0.4) is 0 Å². The number of alkyl halides is 1. The van der Waals surface area contributed by atoms with Gasteiger partial charge in [-0.3, -0.25) is 5.32 Å². The molecule has 0 bridgehead atoms. The summed E-state index contributed by atoms with van der Waals surface area (Å²) in [6.07, 6.45) is 0.911. The van der Waals surface area contributed by atoms with E-state index in [0.29, 0.717) is 17.7 Å². The Morgan fingerprint density at radius 3 is 2.42 bits per heavy atom. The minimum absolute atomic E-state index is 0.0621. The molecule has 0 saturated carbocycles. The van der Waals surface area contributed by atoms with E-state index in [-0.39, 0.29) is 6.73 Å². The summed E-state index contributed by atoms with van der Waals surface area (Å²) < 4.78 is 18.9. The first-order chi connectivity index (χ1) is 15.9. The van der Waals surface area contributed by atoms with Crippen LogP contribution in [0, 0.1) is 5.41 Å². The molecule has 0 saturated heterocycles. The molecule has 9 heteroatoms. The Morgan fingerprint density at radius 1 is 1.12 bits per heavy atom. The number of rotatable bonds is 11.